The van der Waals surface area contributed by atoms with Gasteiger partial charge in [0.25, 0.3) is 0 Å². The van der Waals surface area contributed by atoms with E-state index in [0.717, 1.165) is 27.4 Å². The molecule has 0 atom stereocenters. The van der Waals surface area contributed by atoms with Crippen LogP contribution in [-0.2, 0) is 13.0 Å². The molecule has 0 bridgehead atoms. The zero-order valence-electron chi connectivity index (χ0n) is 12.8. The minimum atomic E-state index is 0.0941. The van der Waals surface area contributed by atoms with Crippen molar-refractivity contribution in [3.8, 4) is 0 Å². The van der Waals surface area contributed by atoms with Crippen molar-refractivity contribution in [2.24, 2.45) is 0 Å². The number of aromatic nitrogens is 2. The predicted octanol–water partition coefficient (Wildman–Crippen LogP) is 3.89. The molecule has 3 rings (SSSR count). The molecule has 3 nitrogen and oxygen atoms in total. The maximum absolute atomic E-state index is 9.31. The molecular weight excluding hydrogens is 296 g/mol. The molecule has 0 amide bonds. The molecule has 0 saturated heterocycles. The summed E-state index contributed by atoms with van der Waals surface area (Å²) in [6.45, 7) is 5.00. The number of nitrogens with zero attached hydrogens (tertiary/aromatic N) is 2. The number of aryl methyl sites for hydroxylation is 2. The number of benzene rings is 2. The number of halogens is 1. The molecule has 0 unspecified atom stereocenters. The van der Waals surface area contributed by atoms with Gasteiger partial charge in [-0.05, 0) is 54.8 Å². The summed E-state index contributed by atoms with van der Waals surface area (Å²) in [4.78, 5) is 4.69. The van der Waals surface area contributed by atoms with Crippen LogP contribution in [-0.4, -0.2) is 21.3 Å². The Kier molecular flexibility index (Phi) is 4.19. The molecule has 0 fully saturated rings. The molecule has 0 aliphatic rings. The van der Waals surface area contributed by atoms with Crippen LogP contribution in [0, 0.1) is 13.8 Å². The van der Waals surface area contributed by atoms with Crippen LogP contribution in [0.15, 0.2) is 36.4 Å². The summed E-state index contributed by atoms with van der Waals surface area (Å²) in [6, 6.07) is 12.1. The number of hydrogen-bond donors (Lipinski definition) is 1. The number of hydrogen-bond acceptors (Lipinski definition) is 2. The van der Waals surface area contributed by atoms with E-state index in [-0.39, 0.29) is 6.61 Å². The topological polar surface area (TPSA) is 38.1 Å². The third kappa shape index (κ3) is 2.87. The van der Waals surface area contributed by atoms with Gasteiger partial charge in [-0.15, -0.1) is 0 Å². The van der Waals surface area contributed by atoms with Gasteiger partial charge in [0, 0.05) is 18.0 Å². The maximum atomic E-state index is 9.31. The van der Waals surface area contributed by atoms with Crippen molar-refractivity contribution in [2.75, 3.05) is 6.61 Å². The Bertz CT molecular complexity index is 823. The Morgan fingerprint density at radius 3 is 2.64 bits per heavy atom. The van der Waals surface area contributed by atoms with Crippen molar-refractivity contribution < 1.29 is 5.11 Å². The second-order valence-corrected chi connectivity index (χ2v) is 6.08. The maximum Gasteiger partial charge on any atom is 0.112 e. The smallest absolute Gasteiger partial charge is 0.112 e. The Morgan fingerprint density at radius 1 is 1.14 bits per heavy atom. The van der Waals surface area contributed by atoms with Crippen molar-refractivity contribution >= 4 is 22.6 Å². The zero-order valence-corrected chi connectivity index (χ0v) is 13.6. The first kappa shape index (κ1) is 15.1. The van der Waals surface area contributed by atoms with Crippen LogP contribution in [0.25, 0.3) is 11.0 Å². The standard InChI is InChI=1S/C18H19ClN2O/c1-12-8-16-17(9-13(12)2)21(18(20-16)6-7-22)11-14-4-3-5-15(19)10-14/h3-5,8-10,22H,6-7,11H2,1-2H3. The second-order valence-electron chi connectivity index (χ2n) is 5.64. The second kappa shape index (κ2) is 6.11. The molecule has 0 radical (unpaired) electrons. The van der Waals surface area contributed by atoms with Crippen LogP contribution in [0.2, 0.25) is 5.02 Å². The molecule has 1 aromatic heterocycles. The molecular formula is C18H19ClN2O. The summed E-state index contributed by atoms with van der Waals surface area (Å²) in [7, 11) is 0. The highest BCUT2D eigenvalue weighted by Crippen LogP contribution is 2.23. The first-order valence-electron chi connectivity index (χ1n) is 7.40. The molecule has 0 saturated carbocycles. The average Bonchev–Trinajstić information content (AvgIpc) is 2.78. The lowest BCUT2D eigenvalue weighted by molar-refractivity contribution is 0.295. The van der Waals surface area contributed by atoms with E-state index >= 15 is 0 Å². The normalized spacial score (nSPS) is 11.3. The van der Waals surface area contributed by atoms with Crippen molar-refractivity contribution in [1.29, 1.82) is 0 Å². The van der Waals surface area contributed by atoms with Gasteiger partial charge in [-0.2, -0.15) is 0 Å². The van der Waals surface area contributed by atoms with Gasteiger partial charge in [0.1, 0.15) is 5.82 Å². The van der Waals surface area contributed by atoms with E-state index in [4.69, 9.17) is 16.6 Å². The van der Waals surface area contributed by atoms with Gasteiger partial charge in [0.05, 0.1) is 17.6 Å². The fourth-order valence-electron chi connectivity index (χ4n) is 2.72. The summed E-state index contributed by atoms with van der Waals surface area (Å²) >= 11 is 6.09. The van der Waals surface area contributed by atoms with Gasteiger partial charge >= 0.3 is 0 Å². The summed E-state index contributed by atoms with van der Waals surface area (Å²) in [6.07, 6.45) is 0.549. The lowest BCUT2D eigenvalue weighted by Crippen LogP contribution is -2.07. The van der Waals surface area contributed by atoms with E-state index in [2.05, 4.69) is 36.6 Å². The summed E-state index contributed by atoms with van der Waals surface area (Å²) in [5.41, 5.74) is 5.69. The summed E-state index contributed by atoms with van der Waals surface area (Å²) in [5.74, 6) is 0.905. The van der Waals surface area contributed by atoms with Crippen LogP contribution >= 0.6 is 11.6 Å². The zero-order chi connectivity index (χ0) is 15.7. The Balaban J connectivity index is 2.12. The van der Waals surface area contributed by atoms with Gasteiger partial charge in [-0.3, -0.25) is 0 Å². The third-order valence-corrected chi connectivity index (χ3v) is 4.24. The van der Waals surface area contributed by atoms with Crippen molar-refractivity contribution in [1.82, 2.24) is 9.55 Å². The van der Waals surface area contributed by atoms with Crippen LogP contribution in [0.4, 0.5) is 0 Å². The molecule has 0 aliphatic carbocycles. The van der Waals surface area contributed by atoms with Crippen molar-refractivity contribution in [3.63, 3.8) is 0 Å². The average molecular weight is 315 g/mol. The molecule has 1 N–H and O–H groups in total. The van der Waals surface area contributed by atoms with Crippen LogP contribution < -0.4 is 0 Å². The molecule has 0 aliphatic heterocycles. The highest BCUT2D eigenvalue weighted by atomic mass is 35.5. The monoisotopic (exact) mass is 314 g/mol. The number of imidazole rings is 1. The molecule has 0 spiro atoms. The van der Waals surface area contributed by atoms with Gasteiger partial charge in [-0.25, -0.2) is 4.98 Å². The van der Waals surface area contributed by atoms with Gasteiger partial charge in [0.15, 0.2) is 0 Å². The van der Waals surface area contributed by atoms with Gasteiger partial charge < -0.3 is 9.67 Å². The summed E-state index contributed by atoms with van der Waals surface area (Å²) in [5, 5.41) is 10.0. The van der Waals surface area contributed by atoms with Crippen LogP contribution in [0.3, 0.4) is 0 Å². The highest BCUT2D eigenvalue weighted by Gasteiger charge is 2.12. The fraction of sp³-hybridized carbons (Fsp3) is 0.278. The summed E-state index contributed by atoms with van der Waals surface area (Å²) < 4.78 is 2.17. The molecule has 1 heterocycles. The molecule has 3 aromatic rings. The van der Waals surface area contributed by atoms with E-state index in [9.17, 15) is 5.11 Å². The predicted molar refractivity (Wildman–Crippen MR) is 90.6 cm³/mol. The lowest BCUT2D eigenvalue weighted by Gasteiger charge is -2.10. The minimum absolute atomic E-state index is 0.0941. The SMILES string of the molecule is Cc1cc2nc(CCO)n(Cc3cccc(Cl)c3)c2cc1C. The highest BCUT2D eigenvalue weighted by molar-refractivity contribution is 6.30. The molecule has 22 heavy (non-hydrogen) atoms. The van der Waals surface area contributed by atoms with E-state index in [1.54, 1.807) is 0 Å². The number of aliphatic hydroxyl groups is 1. The molecule has 114 valence electrons. The first-order valence-corrected chi connectivity index (χ1v) is 7.78. The van der Waals surface area contributed by atoms with Crippen molar-refractivity contribution in [3.05, 3.63) is 63.9 Å². The Labute approximate surface area is 135 Å². The van der Waals surface area contributed by atoms with E-state index < -0.39 is 0 Å². The van der Waals surface area contributed by atoms with Crippen molar-refractivity contribution in [2.45, 2.75) is 26.8 Å². The Morgan fingerprint density at radius 2 is 1.91 bits per heavy atom. The quantitative estimate of drug-likeness (QED) is 0.793. The number of fused-ring (bicyclic) bond motifs is 1. The Hall–Kier alpha value is -1.84. The van der Waals surface area contributed by atoms with Gasteiger partial charge in [0.2, 0.25) is 0 Å². The molecule has 2 aromatic carbocycles. The van der Waals surface area contributed by atoms with Crippen LogP contribution in [0.5, 0.6) is 0 Å². The largest absolute Gasteiger partial charge is 0.396 e. The van der Waals surface area contributed by atoms with Crippen LogP contribution in [0.1, 0.15) is 22.5 Å². The van der Waals surface area contributed by atoms with Gasteiger partial charge in [-0.1, -0.05) is 23.7 Å². The lowest BCUT2D eigenvalue weighted by atomic mass is 10.1. The van der Waals surface area contributed by atoms with E-state index in [1.807, 2.05) is 18.2 Å². The minimum Gasteiger partial charge on any atom is -0.396 e. The fourth-order valence-corrected chi connectivity index (χ4v) is 2.93. The third-order valence-electron chi connectivity index (χ3n) is 4.01. The van der Waals surface area contributed by atoms with E-state index in [0.29, 0.717) is 13.0 Å². The number of aliphatic hydroxyl groups excluding tert-OH is 1. The first-order chi connectivity index (χ1) is 10.6. The number of rotatable bonds is 4. The van der Waals surface area contributed by atoms with E-state index in [1.165, 1.54) is 11.1 Å². The molecule has 4 heteroatoms.